The van der Waals surface area contributed by atoms with Crippen LogP contribution in [0.1, 0.15) is 64.4 Å². The quantitative estimate of drug-likeness (QED) is 0.285. The van der Waals surface area contributed by atoms with E-state index < -0.39 is 38.8 Å². The van der Waals surface area contributed by atoms with Gasteiger partial charge in [0.2, 0.25) is 0 Å². The second kappa shape index (κ2) is 12.2. The number of carbonyl (C=O) groups is 1. The molecule has 3 aromatic rings. The maximum atomic E-state index is 16.7. The average Bonchev–Trinajstić information content (AvgIpc) is 3.77. The minimum Gasteiger partial charge on any atom is -0.396 e. The van der Waals surface area contributed by atoms with Crippen molar-refractivity contribution in [3.05, 3.63) is 98.3 Å². The van der Waals surface area contributed by atoms with E-state index >= 15 is 4.39 Å². The molecule has 1 saturated carbocycles. The van der Waals surface area contributed by atoms with Crippen LogP contribution >= 0.6 is 23.2 Å². The van der Waals surface area contributed by atoms with E-state index in [-0.39, 0.29) is 57.8 Å². The van der Waals surface area contributed by atoms with E-state index in [9.17, 15) is 23.4 Å². The van der Waals surface area contributed by atoms with Crippen molar-refractivity contribution < 1.29 is 37.3 Å². The van der Waals surface area contributed by atoms with Crippen molar-refractivity contribution >= 4 is 38.9 Å². The largest absolute Gasteiger partial charge is 0.396 e. The number of aliphatic hydroxyl groups is 2. The van der Waals surface area contributed by atoms with Gasteiger partial charge in [-0.1, -0.05) is 41.4 Å². The maximum absolute atomic E-state index is 16.7. The first kappa shape index (κ1) is 32.4. The molecule has 0 bridgehead atoms. The summed E-state index contributed by atoms with van der Waals surface area (Å²) in [4.78, 5) is 15.8. The van der Waals surface area contributed by atoms with Gasteiger partial charge in [-0.2, -0.15) is 0 Å². The number of hydrogen-bond donors (Lipinski definition) is 2. The molecule has 8 nitrogen and oxygen atoms in total. The number of halogens is 3. The first-order chi connectivity index (χ1) is 21.4. The minimum atomic E-state index is -3.79. The molecular formula is C33H34Cl2FNO7S. The van der Waals surface area contributed by atoms with Crippen molar-refractivity contribution in [2.45, 2.75) is 49.0 Å². The Balaban J connectivity index is 1.55. The van der Waals surface area contributed by atoms with Gasteiger partial charge < -0.3 is 19.7 Å². The highest BCUT2D eigenvalue weighted by Gasteiger charge is 2.56. The fraction of sp³-hybridized carbons (Fsp3) is 0.424. The summed E-state index contributed by atoms with van der Waals surface area (Å²) in [6, 6.07) is 13.6. The Morgan fingerprint density at radius 1 is 1.07 bits per heavy atom. The second-order valence-corrected chi connectivity index (χ2v) is 15.2. The Morgan fingerprint density at radius 2 is 1.73 bits per heavy atom. The van der Waals surface area contributed by atoms with Gasteiger partial charge in [-0.3, -0.25) is 9.69 Å². The van der Waals surface area contributed by atoms with Gasteiger partial charge in [-0.15, -0.1) is 0 Å². The lowest BCUT2D eigenvalue weighted by Crippen LogP contribution is -2.48. The van der Waals surface area contributed by atoms with Crippen LogP contribution in [0, 0.1) is 17.2 Å². The van der Waals surface area contributed by atoms with E-state index in [0.29, 0.717) is 49.5 Å². The monoisotopic (exact) mass is 677 g/mol. The molecule has 1 saturated heterocycles. The van der Waals surface area contributed by atoms with Crippen LogP contribution in [0.4, 0.5) is 4.39 Å². The first-order valence-corrected chi connectivity index (χ1v) is 17.4. The number of sulfone groups is 1. The van der Waals surface area contributed by atoms with Gasteiger partial charge in [0.05, 0.1) is 41.9 Å². The highest BCUT2D eigenvalue weighted by molar-refractivity contribution is 7.90. The van der Waals surface area contributed by atoms with E-state index in [1.807, 2.05) is 0 Å². The number of fused-ring (bicyclic) bond motifs is 1. The first-order valence-electron chi connectivity index (χ1n) is 14.8. The van der Waals surface area contributed by atoms with Gasteiger partial charge in [0.25, 0.3) is 5.91 Å². The van der Waals surface area contributed by atoms with Gasteiger partial charge in [0.15, 0.2) is 15.6 Å². The zero-order valence-corrected chi connectivity index (χ0v) is 27.0. The van der Waals surface area contributed by atoms with Crippen molar-refractivity contribution in [2.75, 3.05) is 32.7 Å². The molecule has 2 atom stereocenters. The lowest BCUT2D eigenvalue weighted by molar-refractivity contribution is -0.130. The van der Waals surface area contributed by atoms with Gasteiger partial charge in [-0.05, 0) is 79.1 Å². The van der Waals surface area contributed by atoms with Gasteiger partial charge >= 0.3 is 0 Å². The Morgan fingerprint density at radius 3 is 2.36 bits per heavy atom. The van der Waals surface area contributed by atoms with Crippen LogP contribution in [0.15, 0.2) is 59.5 Å². The van der Waals surface area contributed by atoms with Crippen molar-refractivity contribution in [1.82, 2.24) is 4.90 Å². The summed E-state index contributed by atoms with van der Waals surface area (Å²) in [5, 5.41) is 22.0. The van der Waals surface area contributed by atoms with Crippen LogP contribution in [0.5, 0.6) is 0 Å². The molecule has 2 fully saturated rings. The maximum Gasteiger partial charge on any atom is 0.257 e. The molecule has 12 heteroatoms. The molecule has 0 aromatic heterocycles. The normalized spacial score (nSPS) is 22.0. The summed E-state index contributed by atoms with van der Waals surface area (Å²) in [5.74, 6) is -1.54. The Hall–Kier alpha value is -2.57. The van der Waals surface area contributed by atoms with E-state index in [1.165, 1.54) is 35.2 Å². The molecule has 3 aliphatic rings. The molecule has 3 aromatic carbocycles. The third-order valence-corrected chi connectivity index (χ3v) is 10.9. The number of hydrogen-bond acceptors (Lipinski definition) is 7. The Kier molecular flexibility index (Phi) is 8.79. The predicted molar refractivity (Wildman–Crippen MR) is 166 cm³/mol. The summed E-state index contributed by atoms with van der Waals surface area (Å²) in [7, 11) is -3.79. The number of ether oxygens (including phenoxy) is 2. The molecule has 6 rings (SSSR count). The molecule has 0 radical (unpaired) electrons. The molecular weight excluding hydrogens is 644 g/mol. The van der Waals surface area contributed by atoms with E-state index in [4.69, 9.17) is 32.7 Å². The van der Waals surface area contributed by atoms with Crippen LogP contribution in [0.3, 0.4) is 0 Å². The summed E-state index contributed by atoms with van der Waals surface area (Å²) in [5.41, 5.74) is -1.56. The summed E-state index contributed by atoms with van der Waals surface area (Å²) < 4.78 is 54.5. The van der Waals surface area contributed by atoms with Crippen molar-refractivity contribution in [3.8, 4) is 0 Å². The van der Waals surface area contributed by atoms with Crippen LogP contribution < -0.4 is 0 Å². The van der Waals surface area contributed by atoms with Crippen molar-refractivity contribution in [2.24, 2.45) is 11.3 Å². The number of aliphatic hydroxyl groups excluding tert-OH is 2. The smallest absolute Gasteiger partial charge is 0.257 e. The molecule has 2 aliphatic heterocycles. The lowest BCUT2D eigenvalue weighted by atomic mass is 9.86. The molecule has 1 amide bonds. The van der Waals surface area contributed by atoms with Gasteiger partial charge in [-0.25, -0.2) is 12.8 Å². The third-order valence-electron chi connectivity index (χ3n) is 9.23. The highest BCUT2D eigenvalue weighted by Crippen LogP contribution is 2.52. The number of rotatable bonds is 10. The van der Waals surface area contributed by atoms with Crippen LogP contribution in [-0.4, -0.2) is 62.1 Å². The standard InChI is InChI=1S/C33H34Cl2FNO7S/c1-45(41,42)28-16-25(35)5-2-21(28)17-37-31(40)26-14-22(30(39)20-8-12-43-13-9-20)15-27(36)29(26)33(37,23-3-6-24(34)7-4-23)44-19-32(18-38)10-11-32/h2-7,14-16,20,30,38-39H,8-13,17-19H2,1H3/t30?,33-/m1/s1. The number of amides is 1. The molecule has 240 valence electrons. The molecule has 1 unspecified atom stereocenters. The fourth-order valence-electron chi connectivity index (χ4n) is 6.39. The SMILES string of the molecule is CS(=O)(=O)c1cc(Cl)ccc1CN1C(=O)c2cc(C(O)C3CCOCC3)cc(F)c2[C@]1(OCC1(CO)CC1)c1ccc(Cl)cc1. The zero-order valence-electron chi connectivity index (χ0n) is 24.6. The highest BCUT2D eigenvalue weighted by atomic mass is 35.5. The van der Waals surface area contributed by atoms with Gasteiger partial charge in [0, 0.05) is 40.5 Å². The predicted octanol–water partition coefficient (Wildman–Crippen LogP) is 5.64. The van der Waals surface area contributed by atoms with E-state index in [0.717, 1.165) is 6.26 Å². The van der Waals surface area contributed by atoms with E-state index in [2.05, 4.69) is 0 Å². The Labute approximate surface area is 271 Å². The third kappa shape index (κ3) is 6.02. The number of benzene rings is 3. The lowest BCUT2D eigenvalue weighted by Gasteiger charge is -2.40. The minimum absolute atomic E-state index is 0.000782. The second-order valence-electron chi connectivity index (χ2n) is 12.3. The Bertz CT molecular complexity index is 1730. The molecule has 2 heterocycles. The summed E-state index contributed by atoms with van der Waals surface area (Å²) in [6.07, 6.45) is 2.58. The summed E-state index contributed by atoms with van der Waals surface area (Å²) >= 11 is 12.4. The molecule has 45 heavy (non-hydrogen) atoms. The fourth-order valence-corrected chi connectivity index (χ4v) is 7.70. The molecule has 2 N–H and O–H groups in total. The zero-order chi connectivity index (χ0) is 32.1. The van der Waals surface area contributed by atoms with Crippen LogP contribution in [-0.2, 0) is 31.6 Å². The summed E-state index contributed by atoms with van der Waals surface area (Å²) in [6.45, 7) is 0.524. The molecule has 1 aliphatic carbocycles. The average molecular weight is 679 g/mol. The van der Waals surface area contributed by atoms with Crippen LogP contribution in [0.25, 0.3) is 0 Å². The van der Waals surface area contributed by atoms with E-state index in [1.54, 1.807) is 24.3 Å². The number of nitrogens with zero attached hydrogens (tertiary/aromatic N) is 1. The number of carbonyl (C=O) groups excluding carboxylic acids is 1. The molecule has 0 spiro atoms. The van der Waals surface area contributed by atoms with Crippen molar-refractivity contribution in [1.29, 1.82) is 0 Å². The van der Waals surface area contributed by atoms with Crippen LogP contribution in [0.2, 0.25) is 10.0 Å². The topological polar surface area (TPSA) is 113 Å². The van der Waals surface area contributed by atoms with Gasteiger partial charge in [0.1, 0.15) is 5.82 Å². The van der Waals surface area contributed by atoms with Crippen molar-refractivity contribution in [3.63, 3.8) is 0 Å².